The average Bonchev–Trinajstić information content (AvgIpc) is 2.63. The van der Waals surface area contributed by atoms with Crippen molar-refractivity contribution in [2.45, 2.75) is 31.2 Å². The van der Waals surface area contributed by atoms with E-state index in [-0.39, 0.29) is 11.1 Å². The van der Waals surface area contributed by atoms with E-state index in [1.807, 2.05) is 35.8 Å². The number of carbonyl (C=O) groups is 2. The Balaban J connectivity index is 1.64. The lowest BCUT2D eigenvalue weighted by atomic mass is 9.72. The largest absolute Gasteiger partial charge is 0.345 e. The normalized spacial score (nSPS) is 15.0. The standard InChI is InChI=1S/C17H17F2N5O2/c18-13(19)15(26)24-23-14(25)11-9-20-16(21-10-11)22-17(7-4-8-17)12-5-2-1-3-6-12/h1-3,5-6,9-10,13H,4,7-8H2,(H,23,25)(H,24,26)(H,20,21,22). The fourth-order valence-electron chi connectivity index (χ4n) is 2.74. The van der Waals surface area contributed by atoms with Crippen LogP contribution in [0.3, 0.4) is 0 Å². The fraction of sp³-hybridized carbons (Fsp3) is 0.294. The number of anilines is 1. The molecule has 1 saturated carbocycles. The quantitative estimate of drug-likeness (QED) is 0.708. The zero-order valence-electron chi connectivity index (χ0n) is 13.7. The molecule has 136 valence electrons. The van der Waals surface area contributed by atoms with E-state index in [0.29, 0.717) is 5.95 Å². The number of benzene rings is 1. The molecule has 0 saturated heterocycles. The molecule has 0 spiro atoms. The highest BCUT2D eigenvalue weighted by atomic mass is 19.3. The summed E-state index contributed by atoms with van der Waals surface area (Å²) >= 11 is 0. The molecule has 2 amide bonds. The van der Waals surface area contributed by atoms with Gasteiger partial charge >= 0.3 is 12.3 Å². The molecular weight excluding hydrogens is 344 g/mol. The van der Waals surface area contributed by atoms with Gasteiger partial charge in [-0.3, -0.25) is 20.4 Å². The van der Waals surface area contributed by atoms with Crippen LogP contribution in [0.25, 0.3) is 0 Å². The summed E-state index contributed by atoms with van der Waals surface area (Å²) in [4.78, 5) is 30.8. The van der Waals surface area contributed by atoms with Gasteiger partial charge < -0.3 is 5.32 Å². The van der Waals surface area contributed by atoms with Crippen molar-refractivity contribution in [3.05, 3.63) is 53.9 Å². The van der Waals surface area contributed by atoms with Gasteiger partial charge in [0, 0.05) is 12.4 Å². The summed E-state index contributed by atoms with van der Waals surface area (Å²) in [6.45, 7) is 0. The van der Waals surface area contributed by atoms with Crippen LogP contribution in [-0.2, 0) is 10.3 Å². The highest BCUT2D eigenvalue weighted by Gasteiger charge is 2.39. The summed E-state index contributed by atoms with van der Waals surface area (Å²) in [5.41, 5.74) is 4.44. The van der Waals surface area contributed by atoms with Gasteiger partial charge in [0.15, 0.2) is 0 Å². The molecule has 9 heteroatoms. The first-order valence-electron chi connectivity index (χ1n) is 8.04. The maximum atomic E-state index is 12.1. The zero-order chi connectivity index (χ0) is 18.6. The number of hydrogen-bond donors (Lipinski definition) is 3. The third-order valence-corrected chi connectivity index (χ3v) is 4.30. The second-order valence-corrected chi connectivity index (χ2v) is 5.97. The van der Waals surface area contributed by atoms with E-state index >= 15 is 0 Å². The highest BCUT2D eigenvalue weighted by molar-refractivity contribution is 5.95. The molecule has 7 nitrogen and oxygen atoms in total. The molecule has 1 fully saturated rings. The average molecular weight is 361 g/mol. The number of nitrogens with zero attached hydrogens (tertiary/aromatic N) is 2. The van der Waals surface area contributed by atoms with Gasteiger partial charge in [-0.15, -0.1) is 0 Å². The molecule has 26 heavy (non-hydrogen) atoms. The van der Waals surface area contributed by atoms with Crippen molar-refractivity contribution in [2.75, 3.05) is 5.32 Å². The summed E-state index contributed by atoms with van der Waals surface area (Å²) < 4.78 is 24.1. The Labute approximate surface area is 148 Å². The Morgan fingerprint density at radius 3 is 2.23 bits per heavy atom. The predicted molar refractivity (Wildman–Crippen MR) is 89.2 cm³/mol. The fourth-order valence-corrected chi connectivity index (χ4v) is 2.74. The van der Waals surface area contributed by atoms with Crippen LogP contribution >= 0.6 is 0 Å². The minimum Gasteiger partial charge on any atom is -0.345 e. The Hall–Kier alpha value is -3.10. The summed E-state index contributed by atoms with van der Waals surface area (Å²) in [6.07, 6.45) is 2.29. The molecule has 2 aromatic rings. The minimum absolute atomic E-state index is 0.0347. The van der Waals surface area contributed by atoms with Gasteiger partial charge in [-0.25, -0.2) is 9.97 Å². The number of alkyl halides is 2. The SMILES string of the molecule is O=C(NNC(=O)C(F)F)c1cnc(NC2(c3ccccc3)CCC2)nc1. The van der Waals surface area contributed by atoms with Crippen LogP contribution in [0.5, 0.6) is 0 Å². The van der Waals surface area contributed by atoms with Gasteiger partial charge in [-0.05, 0) is 24.8 Å². The van der Waals surface area contributed by atoms with Crippen molar-refractivity contribution in [2.24, 2.45) is 0 Å². The van der Waals surface area contributed by atoms with Crippen molar-refractivity contribution in [1.82, 2.24) is 20.8 Å². The molecular formula is C17H17F2N5O2. The number of hydrazine groups is 1. The molecule has 1 heterocycles. The molecule has 1 aromatic carbocycles. The van der Waals surface area contributed by atoms with E-state index in [2.05, 4.69) is 15.3 Å². The number of amides is 2. The Morgan fingerprint density at radius 2 is 1.69 bits per heavy atom. The smallest absolute Gasteiger partial charge is 0.317 e. The Kier molecular flexibility index (Phi) is 5.06. The van der Waals surface area contributed by atoms with Crippen LogP contribution in [0.15, 0.2) is 42.7 Å². The molecule has 1 aliphatic rings. The van der Waals surface area contributed by atoms with Gasteiger partial charge in [-0.2, -0.15) is 8.78 Å². The van der Waals surface area contributed by atoms with Crippen LogP contribution in [0.1, 0.15) is 35.2 Å². The number of hydrogen-bond acceptors (Lipinski definition) is 5. The first kappa shape index (κ1) is 17.7. The van der Waals surface area contributed by atoms with E-state index in [1.165, 1.54) is 12.4 Å². The Bertz CT molecular complexity index is 780. The van der Waals surface area contributed by atoms with Gasteiger partial charge in [0.05, 0.1) is 11.1 Å². The summed E-state index contributed by atoms with van der Waals surface area (Å²) in [6, 6.07) is 9.98. The number of aromatic nitrogens is 2. The van der Waals surface area contributed by atoms with Crippen molar-refractivity contribution in [1.29, 1.82) is 0 Å². The predicted octanol–water partition coefficient (Wildman–Crippen LogP) is 1.99. The van der Waals surface area contributed by atoms with Gasteiger partial charge in [-0.1, -0.05) is 30.3 Å². The van der Waals surface area contributed by atoms with E-state index in [0.717, 1.165) is 24.8 Å². The lowest BCUT2D eigenvalue weighted by molar-refractivity contribution is -0.132. The maximum absolute atomic E-state index is 12.1. The number of carbonyl (C=O) groups excluding carboxylic acids is 2. The molecule has 1 aliphatic carbocycles. The van der Waals surface area contributed by atoms with E-state index in [9.17, 15) is 18.4 Å². The topological polar surface area (TPSA) is 96.0 Å². The molecule has 1 aromatic heterocycles. The molecule has 0 radical (unpaired) electrons. The van der Waals surface area contributed by atoms with Crippen molar-refractivity contribution in [3.8, 4) is 0 Å². The third kappa shape index (κ3) is 3.76. The third-order valence-electron chi connectivity index (χ3n) is 4.30. The highest BCUT2D eigenvalue weighted by Crippen LogP contribution is 2.43. The van der Waals surface area contributed by atoms with Crippen LogP contribution in [0.2, 0.25) is 0 Å². The van der Waals surface area contributed by atoms with E-state index in [1.54, 1.807) is 5.43 Å². The zero-order valence-corrected chi connectivity index (χ0v) is 13.7. The second kappa shape index (κ2) is 7.42. The van der Waals surface area contributed by atoms with E-state index in [4.69, 9.17) is 0 Å². The second-order valence-electron chi connectivity index (χ2n) is 5.97. The first-order valence-corrected chi connectivity index (χ1v) is 8.04. The Morgan fingerprint density at radius 1 is 1.04 bits per heavy atom. The minimum atomic E-state index is -3.21. The number of halogens is 2. The van der Waals surface area contributed by atoms with Gasteiger partial charge in [0.25, 0.3) is 5.91 Å². The van der Waals surface area contributed by atoms with Crippen LogP contribution in [0, 0.1) is 0 Å². The molecule has 0 aliphatic heterocycles. The van der Waals surface area contributed by atoms with Crippen molar-refractivity contribution >= 4 is 17.8 Å². The number of nitrogens with one attached hydrogen (secondary N) is 3. The molecule has 3 N–H and O–H groups in total. The summed E-state index contributed by atoms with van der Waals surface area (Å²) in [5, 5.41) is 3.32. The summed E-state index contributed by atoms with van der Waals surface area (Å²) in [5.74, 6) is -2.01. The molecule has 0 unspecified atom stereocenters. The maximum Gasteiger partial charge on any atom is 0.317 e. The molecule has 3 rings (SSSR count). The van der Waals surface area contributed by atoms with Crippen molar-refractivity contribution in [3.63, 3.8) is 0 Å². The van der Waals surface area contributed by atoms with Crippen LogP contribution in [-0.4, -0.2) is 28.2 Å². The molecule has 0 bridgehead atoms. The van der Waals surface area contributed by atoms with Crippen LogP contribution in [0.4, 0.5) is 14.7 Å². The van der Waals surface area contributed by atoms with Crippen molar-refractivity contribution < 1.29 is 18.4 Å². The number of rotatable bonds is 5. The lowest BCUT2D eigenvalue weighted by Gasteiger charge is -2.43. The summed E-state index contributed by atoms with van der Waals surface area (Å²) in [7, 11) is 0. The van der Waals surface area contributed by atoms with E-state index < -0.39 is 18.2 Å². The van der Waals surface area contributed by atoms with Gasteiger partial charge in [0.2, 0.25) is 5.95 Å². The molecule has 0 atom stereocenters. The first-order chi connectivity index (χ1) is 12.5. The van der Waals surface area contributed by atoms with Crippen LogP contribution < -0.4 is 16.2 Å². The van der Waals surface area contributed by atoms with Gasteiger partial charge in [0.1, 0.15) is 0 Å². The monoisotopic (exact) mass is 361 g/mol. The lowest BCUT2D eigenvalue weighted by Crippen LogP contribution is -2.44.